The number of H-pyrrole nitrogens is 1. The molecule has 1 heterocycles. The fourth-order valence-corrected chi connectivity index (χ4v) is 1.18. The van der Waals surface area contributed by atoms with Crippen LogP contribution in [0.1, 0.15) is 25.1 Å². The van der Waals surface area contributed by atoms with Crippen molar-refractivity contribution in [3.05, 3.63) is 41.2 Å². The van der Waals surface area contributed by atoms with Gasteiger partial charge in [-0.15, -0.1) is 0 Å². The molecule has 1 aromatic rings. The lowest BCUT2D eigenvalue weighted by Gasteiger charge is -1.92. The Kier molecular flexibility index (Phi) is 2.92. The van der Waals surface area contributed by atoms with Gasteiger partial charge in [-0.25, -0.2) is 0 Å². The molecule has 0 spiro atoms. The van der Waals surface area contributed by atoms with E-state index in [0.29, 0.717) is 0 Å². The van der Waals surface area contributed by atoms with E-state index in [2.05, 4.69) is 37.0 Å². The molecule has 64 valence electrons. The number of hydrogen-bond donors (Lipinski definition) is 1. The zero-order valence-corrected chi connectivity index (χ0v) is 7.89. The largest absolute Gasteiger partial charge is 0.365 e. The molecule has 1 rings (SSSR count). The van der Waals surface area contributed by atoms with Crippen molar-refractivity contribution in [1.29, 1.82) is 0 Å². The molecule has 0 saturated heterocycles. The topological polar surface area (TPSA) is 15.8 Å². The molecule has 0 aromatic carbocycles. The van der Waals surface area contributed by atoms with Crippen LogP contribution >= 0.6 is 0 Å². The predicted octanol–water partition coefficient (Wildman–Crippen LogP) is 3.30. The second kappa shape index (κ2) is 3.96. The van der Waals surface area contributed by atoms with Crippen LogP contribution in [-0.2, 0) is 0 Å². The average Bonchev–Trinajstić information content (AvgIpc) is 2.37. The van der Waals surface area contributed by atoms with Gasteiger partial charge < -0.3 is 4.98 Å². The Bertz CT molecular complexity index is 303. The number of nitrogens with one attached hydrogen (secondary N) is 1. The number of hydrogen-bond acceptors (Lipinski definition) is 0. The van der Waals surface area contributed by atoms with Crippen molar-refractivity contribution in [1.82, 2.24) is 4.98 Å². The van der Waals surface area contributed by atoms with Crippen LogP contribution in [0.25, 0.3) is 6.08 Å². The second-order valence-electron chi connectivity index (χ2n) is 2.95. The second-order valence-corrected chi connectivity index (χ2v) is 2.95. The average molecular weight is 161 g/mol. The minimum Gasteiger partial charge on any atom is -0.365 e. The predicted molar refractivity (Wildman–Crippen MR) is 54.0 cm³/mol. The SMILES string of the molecule is C/C=C\C(C)=C/c1cc[nH]c1C. The Morgan fingerprint density at radius 2 is 2.25 bits per heavy atom. The Labute approximate surface area is 73.8 Å². The maximum absolute atomic E-state index is 3.15. The van der Waals surface area contributed by atoms with Crippen molar-refractivity contribution in [3.8, 4) is 0 Å². The molecule has 0 fully saturated rings. The Morgan fingerprint density at radius 3 is 2.75 bits per heavy atom. The van der Waals surface area contributed by atoms with Gasteiger partial charge in [0.2, 0.25) is 0 Å². The first kappa shape index (κ1) is 8.85. The van der Waals surface area contributed by atoms with E-state index >= 15 is 0 Å². The first-order valence-corrected chi connectivity index (χ1v) is 4.19. The summed E-state index contributed by atoms with van der Waals surface area (Å²) < 4.78 is 0. The summed E-state index contributed by atoms with van der Waals surface area (Å²) in [5.74, 6) is 0. The van der Waals surface area contributed by atoms with Crippen LogP contribution in [0.4, 0.5) is 0 Å². The molecule has 1 aromatic heterocycles. The summed E-state index contributed by atoms with van der Waals surface area (Å²) in [6.45, 7) is 6.21. The maximum atomic E-state index is 3.15. The van der Waals surface area contributed by atoms with Crippen LogP contribution in [0.15, 0.2) is 30.0 Å². The van der Waals surface area contributed by atoms with Crippen LogP contribution in [0.3, 0.4) is 0 Å². The molecule has 0 amide bonds. The lowest BCUT2D eigenvalue weighted by atomic mass is 10.1. The molecule has 0 atom stereocenters. The van der Waals surface area contributed by atoms with Gasteiger partial charge in [0.1, 0.15) is 0 Å². The van der Waals surface area contributed by atoms with Gasteiger partial charge in [-0.05, 0) is 32.4 Å². The number of aryl methyl sites for hydroxylation is 1. The van der Waals surface area contributed by atoms with E-state index in [9.17, 15) is 0 Å². The summed E-state index contributed by atoms with van der Waals surface area (Å²) in [5, 5.41) is 0. The van der Waals surface area contributed by atoms with Gasteiger partial charge in [0, 0.05) is 11.9 Å². The summed E-state index contributed by atoms with van der Waals surface area (Å²) in [7, 11) is 0. The molecule has 0 aliphatic carbocycles. The van der Waals surface area contributed by atoms with E-state index in [1.165, 1.54) is 16.8 Å². The van der Waals surface area contributed by atoms with Gasteiger partial charge in [0.15, 0.2) is 0 Å². The van der Waals surface area contributed by atoms with Crippen LogP contribution < -0.4 is 0 Å². The van der Waals surface area contributed by atoms with E-state index in [-0.39, 0.29) is 0 Å². The highest BCUT2D eigenvalue weighted by Gasteiger charge is 1.93. The van der Waals surface area contributed by atoms with Gasteiger partial charge in [0.25, 0.3) is 0 Å². The van der Waals surface area contributed by atoms with E-state index in [0.717, 1.165) is 0 Å². The number of aromatic nitrogens is 1. The van der Waals surface area contributed by atoms with Gasteiger partial charge in [-0.1, -0.05) is 23.8 Å². The van der Waals surface area contributed by atoms with Crippen LogP contribution in [-0.4, -0.2) is 4.98 Å². The van der Waals surface area contributed by atoms with Gasteiger partial charge >= 0.3 is 0 Å². The third-order valence-corrected chi connectivity index (χ3v) is 1.81. The Morgan fingerprint density at radius 1 is 1.50 bits per heavy atom. The summed E-state index contributed by atoms with van der Waals surface area (Å²) in [6.07, 6.45) is 8.29. The van der Waals surface area contributed by atoms with Gasteiger partial charge in [-0.3, -0.25) is 0 Å². The third-order valence-electron chi connectivity index (χ3n) is 1.81. The molecule has 1 nitrogen and oxygen atoms in total. The van der Waals surface area contributed by atoms with Gasteiger partial charge in [0.05, 0.1) is 0 Å². The van der Waals surface area contributed by atoms with E-state index < -0.39 is 0 Å². The van der Waals surface area contributed by atoms with Crippen molar-refractivity contribution in [3.63, 3.8) is 0 Å². The number of rotatable bonds is 2. The van der Waals surface area contributed by atoms with E-state index in [1.54, 1.807) is 0 Å². The fourth-order valence-electron chi connectivity index (χ4n) is 1.18. The summed E-state index contributed by atoms with van der Waals surface area (Å²) in [4.78, 5) is 3.15. The fraction of sp³-hybridized carbons (Fsp3) is 0.273. The molecular weight excluding hydrogens is 146 g/mol. The van der Waals surface area contributed by atoms with Crippen molar-refractivity contribution < 1.29 is 0 Å². The van der Waals surface area contributed by atoms with Gasteiger partial charge in [-0.2, -0.15) is 0 Å². The van der Waals surface area contributed by atoms with E-state index in [4.69, 9.17) is 0 Å². The third kappa shape index (κ3) is 2.12. The van der Waals surface area contributed by atoms with E-state index in [1.807, 2.05) is 19.2 Å². The van der Waals surface area contributed by atoms with Crippen molar-refractivity contribution in [2.24, 2.45) is 0 Å². The van der Waals surface area contributed by atoms with Crippen LogP contribution in [0.5, 0.6) is 0 Å². The molecule has 0 aliphatic rings. The standard InChI is InChI=1S/C11H15N/c1-4-5-9(2)8-11-6-7-12-10(11)3/h4-8,12H,1-3H3/b5-4-,9-8-. The highest BCUT2D eigenvalue weighted by Crippen LogP contribution is 2.10. The van der Waals surface area contributed by atoms with Crippen LogP contribution in [0.2, 0.25) is 0 Å². The highest BCUT2D eigenvalue weighted by molar-refractivity contribution is 5.57. The van der Waals surface area contributed by atoms with Crippen molar-refractivity contribution >= 4 is 6.08 Å². The minimum absolute atomic E-state index is 1.22. The first-order valence-electron chi connectivity index (χ1n) is 4.19. The smallest absolute Gasteiger partial charge is 0.0189 e. The summed E-state index contributed by atoms with van der Waals surface area (Å²) >= 11 is 0. The normalized spacial score (nSPS) is 12.8. The lowest BCUT2D eigenvalue weighted by molar-refractivity contribution is 1.26. The monoisotopic (exact) mass is 161 g/mol. The molecule has 0 aliphatic heterocycles. The minimum atomic E-state index is 1.22. The molecule has 1 N–H and O–H groups in total. The summed E-state index contributed by atoms with van der Waals surface area (Å²) in [5.41, 5.74) is 3.77. The molecule has 0 unspecified atom stereocenters. The summed E-state index contributed by atoms with van der Waals surface area (Å²) in [6, 6.07) is 2.09. The maximum Gasteiger partial charge on any atom is 0.0189 e. The Balaban J connectivity index is 2.87. The van der Waals surface area contributed by atoms with Crippen molar-refractivity contribution in [2.45, 2.75) is 20.8 Å². The van der Waals surface area contributed by atoms with Crippen LogP contribution in [0, 0.1) is 6.92 Å². The zero-order valence-electron chi connectivity index (χ0n) is 7.89. The number of aromatic amines is 1. The molecule has 0 saturated carbocycles. The zero-order chi connectivity index (χ0) is 8.97. The first-order chi connectivity index (χ1) is 5.74. The molecule has 0 bridgehead atoms. The number of allylic oxidation sites excluding steroid dienone is 3. The Hall–Kier alpha value is -1.24. The molecule has 1 heteroatoms. The quantitative estimate of drug-likeness (QED) is 0.640. The molecule has 12 heavy (non-hydrogen) atoms. The highest BCUT2D eigenvalue weighted by atomic mass is 14.7. The molecule has 0 radical (unpaired) electrons. The van der Waals surface area contributed by atoms with Crippen molar-refractivity contribution in [2.75, 3.05) is 0 Å². The lowest BCUT2D eigenvalue weighted by Crippen LogP contribution is -1.75. The molecular formula is C11H15N.